The molecule has 0 bridgehead atoms. The van der Waals surface area contributed by atoms with Gasteiger partial charge in [-0.2, -0.15) is 0 Å². The Kier molecular flexibility index (Phi) is 7.38. The number of thioether (sulfide) groups is 2. The lowest BCUT2D eigenvalue weighted by Gasteiger charge is -2.19. The fourth-order valence-corrected chi connectivity index (χ4v) is 3.57. The van der Waals surface area contributed by atoms with E-state index in [0.29, 0.717) is 19.8 Å². The normalized spacial score (nSPS) is 11.3. The number of carboxylic acids is 1. The van der Waals surface area contributed by atoms with Gasteiger partial charge in [-0.15, -0.1) is 23.5 Å². The molecule has 1 rings (SSSR count). The van der Waals surface area contributed by atoms with Crippen LogP contribution in [0.1, 0.15) is 20.8 Å². The molecular weight excluding hydrogens is 367 g/mol. The number of carbonyl (C=O) groups excluding carboxylic acids is 1. The van der Waals surface area contributed by atoms with Crippen molar-refractivity contribution in [1.29, 1.82) is 0 Å². The van der Waals surface area contributed by atoms with Crippen LogP contribution in [0.5, 0.6) is 0 Å². The third kappa shape index (κ3) is 7.13. The zero-order chi connectivity index (χ0) is 16.9. The molecule has 1 aromatic carbocycles. The molecule has 122 valence electrons. The van der Waals surface area contributed by atoms with Crippen LogP contribution in [0.15, 0.2) is 21.9 Å². The number of benzene rings is 1. The summed E-state index contributed by atoms with van der Waals surface area (Å²) in [7, 11) is 0. The van der Waals surface area contributed by atoms with E-state index in [2.05, 4.69) is 0 Å². The van der Waals surface area contributed by atoms with Crippen LogP contribution in [0.4, 0.5) is 0 Å². The maximum Gasteiger partial charge on any atom is 0.316 e. The number of ether oxygens (including phenoxy) is 1. The van der Waals surface area contributed by atoms with Crippen molar-refractivity contribution in [1.82, 2.24) is 0 Å². The van der Waals surface area contributed by atoms with Crippen LogP contribution in [0, 0.1) is 0 Å². The van der Waals surface area contributed by atoms with Crippen molar-refractivity contribution in [3.8, 4) is 0 Å². The Bertz CT molecular complexity index is 571. The van der Waals surface area contributed by atoms with Crippen molar-refractivity contribution >= 4 is 58.7 Å². The van der Waals surface area contributed by atoms with Gasteiger partial charge in [0.15, 0.2) is 0 Å². The molecule has 1 aromatic rings. The topological polar surface area (TPSA) is 63.6 Å². The summed E-state index contributed by atoms with van der Waals surface area (Å²) in [5.74, 6) is -1.25. The SMILES string of the molecule is CC(C)(C)OC(=O)CSc1cc(Cl)c(SCC(=O)O)cc1Cl. The minimum atomic E-state index is -0.930. The van der Waals surface area contributed by atoms with Crippen molar-refractivity contribution < 1.29 is 19.4 Å². The molecule has 0 aromatic heterocycles. The standard InChI is InChI=1S/C14H16Cl2O4S2/c1-14(2,3)20-13(19)7-22-11-5-8(15)10(4-9(11)16)21-6-12(17)18/h4-5H,6-7H2,1-3H3,(H,17,18). The van der Waals surface area contributed by atoms with Crippen molar-refractivity contribution in [2.75, 3.05) is 11.5 Å². The monoisotopic (exact) mass is 382 g/mol. The number of aliphatic carboxylic acids is 1. The van der Waals surface area contributed by atoms with Gasteiger partial charge in [0, 0.05) is 9.79 Å². The van der Waals surface area contributed by atoms with Crippen LogP contribution in [0.3, 0.4) is 0 Å². The Hall–Kier alpha value is -0.560. The Morgan fingerprint density at radius 1 is 1.09 bits per heavy atom. The Morgan fingerprint density at radius 3 is 1.95 bits per heavy atom. The van der Waals surface area contributed by atoms with Gasteiger partial charge in [-0.1, -0.05) is 23.2 Å². The van der Waals surface area contributed by atoms with Crippen LogP contribution >= 0.6 is 46.7 Å². The number of esters is 1. The lowest BCUT2D eigenvalue weighted by atomic mass is 10.2. The minimum absolute atomic E-state index is 0.0968. The van der Waals surface area contributed by atoms with E-state index in [1.165, 1.54) is 11.8 Å². The summed E-state index contributed by atoms with van der Waals surface area (Å²) in [6.45, 7) is 5.40. The fourth-order valence-electron chi connectivity index (χ4n) is 1.38. The number of hydrogen-bond acceptors (Lipinski definition) is 5. The molecule has 0 radical (unpaired) electrons. The molecule has 4 nitrogen and oxygen atoms in total. The Morgan fingerprint density at radius 2 is 1.55 bits per heavy atom. The summed E-state index contributed by atoms with van der Waals surface area (Å²) in [5, 5.41) is 9.50. The molecule has 0 saturated heterocycles. The van der Waals surface area contributed by atoms with E-state index in [4.69, 9.17) is 33.0 Å². The van der Waals surface area contributed by atoms with Gasteiger partial charge in [0.05, 0.1) is 21.6 Å². The molecule has 1 N–H and O–H groups in total. The van der Waals surface area contributed by atoms with Crippen molar-refractivity contribution in [3.63, 3.8) is 0 Å². The predicted octanol–water partition coefficient (Wildman–Crippen LogP) is 4.60. The van der Waals surface area contributed by atoms with Crippen molar-refractivity contribution in [3.05, 3.63) is 22.2 Å². The second-order valence-electron chi connectivity index (χ2n) is 5.27. The largest absolute Gasteiger partial charge is 0.481 e. The summed E-state index contributed by atoms with van der Waals surface area (Å²) in [6, 6.07) is 3.23. The van der Waals surface area contributed by atoms with Crippen molar-refractivity contribution in [2.24, 2.45) is 0 Å². The molecule has 22 heavy (non-hydrogen) atoms. The van der Waals surface area contributed by atoms with Gasteiger partial charge in [0.25, 0.3) is 0 Å². The molecule has 0 unspecified atom stereocenters. The third-order valence-electron chi connectivity index (χ3n) is 2.10. The third-order valence-corrected chi connectivity index (χ3v) is 5.02. The maximum atomic E-state index is 11.7. The first-order valence-corrected chi connectivity index (χ1v) is 8.99. The van der Waals surface area contributed by atoms with E-state index < -0.39 is 11.6 Å². The van der Waals surface area contributed by atoms with Crippen LogP contribution in [-0.4, -0.2) is 34.2 Å². The first kappa shape index (κ1) is 19.5. The van der Waals surface area contributed by atoms with Gasteiger partial charge >= 0.3 is 11.9 Å². The predicted molar refractivity (Wildman–Crippen MR) is 91.4 cm³/mol. The van der Waals surface area contributed by atoms with Crippen LogP contribution in [0.25, 0.3) is 0 Å². The summed E-state index contributed by atoms with van der Waals surface area (Å²) in [5.41, 5.74) is -0.531. The number of rotatable bonds is 6. The fraction of sp³-hybridized carbons (Fsp3) is 0.429. The molecule has 0 aliphatic heterocycles. The van der Waals surface area contributed by atoms with Gasteiger partial charge in [-0.3, -0.25) is 9.59 Å². The average molecular weight is 383 g/mol. The highest BCUT2D eigenvalue weighted by molar-refractivity contribution is 8.00. The Balaban J connectivity index is 2.71. The van der Waals surface area contributed by atoms with Gasteiger partial charge in [0.2, 0.25) is 0 Å². The molecule has 0 aliphatic rings. The smallest absolute Gasteiger partial charge is 0.316 e. The molecule has 0 atom stereocenters. The molecule has 0 fully saturated rings. The first-order valence-electron chi connectivity index (χ1n) is 6.27. The summed E-state index contributed by atoms with van der Waals surface area (Å²) < 4.78 is 5.21. The van der Waals surface area contributed by atoms with Crippen LogP contribution < -0.4 is 0 Å². The highest BCUT2D eigenvalue weighted by Gasteiger charge is 2.17. The molecular formula is C14H16Cl2O4S2. The first-order chi connectivity index (χ1) is 10.1. The van der Waals surface area contributed by atoms with E-state index in [0.717, 1.165) is 11.8 Å². The quantitative estimate of drug-likeness (QED) is 0.572. The molecule has 0 spiro atoms. The zero-order valence-corrected chi connectivity index (χ0v) is 15.5. The summed E-state index contributed by atoms with van der Waals surface area (Å²) in [4.78, 5) is 23.5. The van der Waals surface area contributed by atoms with Crippen molar-refractivity contribution in [2.45, 2.75) is 36.2 Å². The second kappa shape index (κ2) is 8.34. The van der Waals surface area contributed by atoms with E-state index in [1.807, 2.05) is 0 Å². The van der Waals surface area contributed by atoms with E-state index in [9.17, 15) is 9.59 Å². The number of carbonyl (C=O) groups is 2. The van der Waals surface area contributed by atoms with E-state index in [-0.39, 0.29) is 17.5 Å². The van der Waals surface area contributed by atoms with Crippen LogP contribution in [-0.2, 0) is 14.3 Å². The highest BCUT2D eigenvalue weighted by Crippen LogP contribution is 2.37. The van der Waals surface area contributed by atoms with Gasteiger partial charge in [-0.25, -0.2) is 0 Å². The summed E-state index contributed by atoms with van der Waals surface area (Å²) >= 11 is 14.6. The lowest BCUT2D eigenvalue weighted by Crippen LogP contribution is -2.24. The molecule has 8 heteroatoms. The maximum absolute atomic E-state index is 11.7. The number of carboxylic acid groups (broad SMARTS) is 1. The second-order valence-corrected chi connectivity index (χ2v) is 8.12. The zero-order valence-electron chi connectivity index (χ0n) is 12.3. The number of halogens is 2. The molecule has 0 saturated carbocycles. The summed E-state index contributed by atoms with van der Waals surface area (Å²) in [6.07, 6.45) is 0. The molecule has 0 heterocycles. The number of hydrogen-bond donors (Lipinski definition) is 1. The van der Waals surface area contributed by atoms with E-state index in [1.54, 1.807) is 32.9 Å². The molecule has 0 amide bonds. The van der Waals surface area contributed by atoms with Crippen LogP contribution in [0.2, 0.25) is 10.0 Å². The highest BCUT2D eigenvalue weighted by atomic mass is 35.5. The minimum Gasteiger partial charge on any atom is -0.481 e. The lowest BCUT2D eigenvalue weighted by molar-refractivity contribution is -0.151. The van der Waals surface area contributed by atoms with E-state index >= 15 is 0 Å². The average Bonchev–Trinajstić information content (AvgIpc) is 2.35. The van der Waals surface area contributed by atoms with Gasteiger partial charge in [-0.05, 0) is 32.9 Å². The van der Waals surface area contributed by atoms with Gasteiger partial charge < -0.3 is 9.84 Å². The van der Waals surface area contributed by atoms with Gasteiger partial charge in [0.1, 0.15) is 5.60 Å². The molecule has 0 aliphatic carbocycles. The Labute approximate surface area is 147 Å².